The number of halogens is 4. The molecule has 0 aliphatic heterocycles. The number of hydrogen-bond acceptors (Lipinski definition) is 4. The average molecular weight is 620 g/mol. The summed E-state index contributed by atoms with van der Waals surface area (Å²) in [5, 5.41) is 40.9. The van der Waals surface area contributed by atoms with Crippen LogP contribution in [-0.2, 0) is 10.8 Å². The molecule has 4 aromatic rings. The fourth-order valence-electron chi connectivity index (χ4n) is 5.57. The number of phenolic OH excluding ortho intramolecular Hbond substituents is 4. The molecule has 0 aromatic heterocycles. The molecule has 0 heterocycles. The van der Waals surface area contributed by atoms with Crippen molar-refractivity contribution in [2.75, 3.05) is 0 Å². The Balaban J connectivity index is 1.79. The summed E-state index contributed by atoms with van der Waals surface area (Å²) in [6.45, 7) is 4.15. The third kappa shape index (κ3) is 5.82. The van der Waals surface area contributed by atoms with Crippen molar-refractivity contribution in [3.8, 4) is 23.0 Å². The molecule has 210 valence electrons. The van der Waals surface area contributed by atoms with Gasteiger partial charge in [0.25, 0.3) is 0 Å². The minimum absolute atomic E-state index is 0.126. The highest BCUT2D eigenvalue weighted by atomic mass is 35.5. The van der Waals surface area contributed by atoms with Crippen LogP contribution in [0.5, 0.6) is 23.0 Å². The van der Waals surface area contributed by atoms with E-state index in [2.05, 4.69) is 6.92 Å². The monoisotopic (exact) mass is 618 g/mol. The zero-order chi connectivity index (χ0) is 29.2. The molecule has 8 heteroatoms. The van der Waals surface area contributed by atoms with Crippen molar-refractivity contribution in [2.45, 2.75) is 50.4 Å². The maximum absolute atomic E-state index is 10.2. The lowest BCUT2D eigenvalue weighted by Crippen LogP contribution is -2.29. The second-order valence-corrected chi connectivity index (χ2v) is 11.9. The molecule has 0 aliphatic carbocycles. The van der Waals surface area contributed by atoms with Crippen molar-refractivity contribution < 1.29 is 20.4 Å². The standard InChI is InChI=1S/C32H30Cl4O4/c1-3-32(19-5-9-23(37)10-6-19,20-7-11-24(38)12-8-20)14-4-13-31(2,21-15-25(33)29(39)26(34)16-21)22-17-27(35)30(40)28(36)18-22/h5-12,15-18,37-40H,3-4,13-14H2,1-2H3. The summed E-state index contributed by atoms with van der Waals surface area (Å²) in [6, 6.07) is 21.2. The summed E-state index contributed by atoms with van der Waals surface area (Å²) in [4.78, 5) is 0. The highest BCUT2D eigenvalue weighted by Crippen LogP contribution is 2.48. The van der Waals surface area contributed by atoms with E-state index < -0.39 is 10.8 Å². The Bertz CT molecular complexity index is 1350. The smallest absolute Gasteiger partial charge is 0.152 e. The van der Waals surface area contributed by atoms with Gasteiger partial charge in [-0.05, 0) is 90.0 Å². The van der Waals surface area contributed by atoms with E-state index in [4.69, 9.17) is 46.4 Å². The van der Waals surface area contributed by atoms with Crippen LogP contribution in [0.15, 0.2) is 72.8 Å². The van der Waals surface area contributed by atoms with E-state index in [1.54, 1.807) is 48.5 Å². The molecule has 0 aliphatic rings. The summed E-state index contributed by atoms with van der Waals surface area (Å²) in [5.74, 6) is -0.00912. The second-order valence-electron chi connectivity index (χ2n) is 10.3. The summed E-state index contributed by atoms with van der Waals surface area (Å²) in [6.07, 6.45) is 2.83. The van der Waals surface area contributed by atoms with E-state index in [1.807, 2.05) is 31.2 Å². The molecule has 4 rings (SSSR count). The number of rotatable bonds is 9. The van der Waals surface area contributed by atoms with Crippen LogP contribution >= 0.6 is 46.4 Å². The zero-order valence-corrected chi connectivity index (χ0v) is 25.1. The molecule has 0 bridgehead atoms. The molecule has 4 nitrogen and oxygen atoms in total. The highest BCUT2D eigenvalue weighted by molar-refractivity contribution is 6.37. The van der Waals surface area contributed by atoms with E-state index >= 15 is 0 Å². The lowest BCUT2D eigenvalue weighted by atomic mass is 9.66. The Labute approximate surface area is 254 Å². The minimum atomic E-state index is -0.703. The lowest BCUT2D eigenvalue weighted by Gasteiger charge is -2.37. The van der Waals surface area contributed by atoms with E-state index in [1.165, 1.54) is 0 Å². The highest BCUT2D eigenvalue weighted by Gasteiger charge is 2.36. The Morgan fingerprint density at radius 3 is 1.23 bits per heavy atom. The molecular weight excluding hydrogens is 590 g/mol. The quantitative estimate of drug-likeness (QED) is 0.150. The van der Waals surface area contributed by atoms with Crippen LogP contribution in [-0.4, -0.2) is 20.4 Å². The van der Waals surface area contributed by atoms with Crippen molar-refractivity contribution in [1.82, 2.24) is 0 Å². The van der Waals surface area contributed by atoms with E-state index in [0.717, 1.165) is 41.5 Å². The van der Waals surface area contributed by atoms with E-state index in [0.29, 0.717) is 6.42 Å². The predicted molar refractivity (Wildman–Crippen MR) is 164 cm³/mol. The van der Waals surface area contributed by atoms with Gasteiger partial charge in [-0.2, -0.15) is 0 Å². The van der Waals surface area contributed by atoms with E-state index in [9.17, 15) is 20.4 Å². The molecule has 0 radical (unpaired) electrons. The van der Waals surface area contributed by atoms with E-state index in [-0.39, 0.29) is 43.1 Å². The first-order chi connectivity index (χ1) is 18.9. The third-order valence-electron chi connectivity index (χ3n) is 8.03. The van der Waals surface area contributed by atoms with Crippen LogP contribution < -0.4 is 0 Å². The van der Waals surface area contributed by atoms with Gasteiger partial charge in [-0.1, -0.05) is 90.9 Å². The number of hydrogen-bond donors (Lipinski definition) is 4. The van der Waals surface area contributed by atoms with Gasteiger partial charge in [0.1, 0.15) is 11.5 Å². The molecular formula is C32H30Cl4O4. The first-order valence-corrected chi connectivity index (χ1v) is 14.4. The van der Waals surface area contributed by atoms with Gasteiger partial charge in [0.05, 0.1) is 20.1 Å². The topological polar surface area (TPSA) is 80.9 Å². The van der Waals surface area contributed by atoms with Gasteiger partial charge in [-0.25, -0.2) is 0 Å². The third-order valence-corrected chi connectivity index (χ3v) is 9.18. The number of aromatic hydroxyl groups is 4. The second kappa shape index (κ2) is 12.0. The fourth-order valence-corrected chi connectivity index (χ4v) is 6.54. The van der Waals surface area contributed by atoms with Crippen molar-refractivity contribution in [1.29, 1.82) is 0 Å². The van der Waals surface area contributed by atoms with Gasteiger partial charge in [0.2, 0.25) is 0 Å². The van der Waals surface area contributed by atoms with Crippen LogP contribution in [0.2, 0.25) is 20.1 Å². The molecule has 0 saturated heterocycles. The molecule has 4 aromatic carbocycles. The lowest BCUT2D eigenvalue weighted by molar-refractivity contribution is 0.394. The minimum Gasteiger partial charge on any atom is -0.508 e. The van der Waals surface area contributed by atoms with Gasteiger partial charge in [-0.3, -0.25) is 0 Å². The first kappa shape index (κ1) is 30.2. The summed E-state index contributed by atoms with van der Waals surface area (Å²) in [7, 11) is 0. The van der Waals surface area contributed by atoms with Crippen molar-refractivity contribution in [3.63, 3.8) is 0 Å². The maximum atomic E-state index is 10.2. The molecule has 0 fully saturated rings. The normalized spacial score (nSPS) is 12.1. The molecule has 0 saturated carbocycles. The Morgan fingerprint density at radius 2 is 0.900 bits per heavy atom. The fraction of sp³-hybridized carbons (Fsp3) is 0.250. The Hall–Kier alpha value is -2.76. The summed E-state index contributed by atoms with van der Waals surface area (Å²) < 4.78 is 0. The van der Waals surface area contributed by atoms with Crippen LogP contribution in [0.3, 0.4) is 0 Å². The van der Waals surface area contributed by atoms with Crippen LogP contribution in [0.25, 0.3) is 0 Å². The molecule has 4 N–H and O–H groups in total. The van der Waals surface area contributed by atoms with Gasteiger partial charge >= 0.3 is 0 Å². The van der Waals surface area contributed by atoms with Crippen molar-refractivity contribution in [3.05, 3.63) is 115 Å². The van der Waals surface area contributed by atoms with Crippen LogP contribution in [0.4, 0.5) is 0 Å². The Kier molecular flexibility index (Phi) is 9.06. The van der Waals surface area contributed by atoms with Gasteiger partial charge in [-0.15, -0.1) is 0 Å². The van der Waals surface area contributed by atoms with Gasteiger partial charge < -0.3 is 20.4 Å². The summed E-state index contributed by atoms with van der Waals surface area (Å²) >= 11 is 25.4. The maximum Gasteiger partial charge on any atom is 0.152 e. The van der Waals surface area contributed by atoms with Crippen molar-refractivity contribution in [2.24, 2.45) is 0 Å². The van der Waals surface area contributed by atoms with Gasteiger partial charge in [0.15, 0.2) is 11.5 Å². The van der Waals surface area contributed by atoms with Crippen molar-refractivity contribution >= 4 is 46.4 Å². The molecule has 0 atom stereocenters. The average Bonchev–Trinajstić information content (AvgIpc) is 2.93. The zero-order valence-electron chi connectivity index (χ0n) is 22.1. The van der Waals surface area contributed by atoms with Crippen LogP contribution in [0, 0.1) is 0 Å². The largest absolute Gasteiger partial charge is 0.508 e. The number of benzene rings is 4. The number of phenols is 4. The first-order valence-electron chi connectivity index (χ1n) is 12.9. The van der Waals surface area contributed by atoms with Gasteiger partial charge in [0, 0.05) is 10.8 Å². The molecule has 0 unspecified atom stereocenters. The predicted octanol–water partition coefficient (Wildman–Crippen LogP) is 10.00. The Morgan fingerprint density at radius 1 is 0.550 bits per heavy atom. The van der Waals surface area contributed by atoms with Crippen LogP contribution in [0.1, 0.15) is 61.8 Å². The SMILES string of the molecule is CCC(CCCC(C)(c1cc(Cl)c(O)c(Cl)c1)c1cc(Cl)c(O)c(Cl)c1)(c1ccc(O)cc1)c1ccc(O)cc1. The molecule has 0 spiro atoms. The molecule has 40 heavy (non-hydrogen) atoms. The molecule has 0 amide bonds. The summed E-state index contributed by atoms with van der Waals surface area (Å²) in [5.41, 5.74) is 2.50.